The molecule has 4 atom stereocenters. The predicted molar refractivity (Wildman–Crippen MR) is 212 cm³/mol. The summed E-state index contributed by atoms with van der Waals surface area (Å²) in [6, 6.07) is 25.0. The SMILES string of the molecule is CS(=O)(=O)O.CS(=O)(=O)O[O-].Fc1ccc([C@@H]2CCNC[C@H]2COc2ccc3c(c2)OCO3)cc1.Fc1ccc([C@@H]2CCNC[C@H]2COc2ccc3c(c2)OCO3)cc1.[Na+].[Na+].[OH-]. The van der Waals surface area contributed by atoms with Crippen LogP contribution < -0.4 is 103 Å². The van der Waals surface area contributed by atoms with Gasteiger partial charge in [-0.2, -0.15) is 8.42 Å². The maximum Gasteiger partial charge on any atom is 1.00 e. The zero-order valence-corrected chi connectivity index (χ0v) is 40.5. The summed E-state index contributed by atoms with van der Waals surface area (Å²) in [4.78, 5) is 0. The normalized spacial score (nSPS) is 19.4. The van der Waals surface area contributed by atoms with Gasteiger partial charge in [0.2, 0.25) is 13.6 Å². The van der Waals surface area contributed by atoms with Gasteiger partial charge in [0.15, 0.2) is 23.0 Å². The predicted octanol–water partition coefficient (Wildman–Crippen LogP) is -1.77. The Bertz CT molecular complexity index is 2050. The second kappa shape index (κ2) is 26.9. The summed E-state index contributed by atoms with van der Waals surface area (Å²) in [5.74, 6) is 5.57. The van der Waals surface area contributed by atoms with E-state index in [1.807, 2.05) is 60.7 Å². The van der Waals surface area contributed by atoms with E-state index in [-0.39, 0.29) is 89.8 Å². The number of benzene rings is 4. The minimum Gasteiger partial charge on any atom is -0.870 e. The number of nitrogens with one attached hydrogen (secondary N) is 2. The molecule has 4 aliphatic heterocycles. The van der Waals surface area contributed by atoms with Gasteiger partial charge in [-0.3, -0.25) is 4.55 Å². The van der Waals surface area contributed by atoms with Crippen LogP contribution in [0.3, 0.4) is 0 Å². The van der Waals surface area contributed by atoms with E-state index >= 15 is 0 Å². The fraction of sp³-hybridized carbons (Fsp3) is 0.400. The molecule has 0 saturated carbocycles. The Morgan fingerprint density at radius 2 is 0.984 bits per heavy atom. The van der Waals surface area contributed by atoms with Crippen LogP contribution in [0.1, 0.15) is 35.8 Å². The summed E-state index contributed by atoms with van der Waals surface area (Å²) < 4.78 is 107. The van der Waals surface area contributed by atoms with E-state index in [9.17, 15) is 25.6 Å². The summed E-state index contributed by atoms with van der Waals surface area (Å²) in [6.45, 7) is 5.48. The molecule has 4 heterocycles. The Morgan fingerprint density at radius 3 is 1.32 bits per heavy atom. The molecule has 0 amide bonds. The third-order valence-electron chi connectivity index (χ3n) is 9.55. The van der Waals surface area contributed by atoms with Gasteiger partial charge in [-0.1, -0.05) is 24.3 Å². The molecule has 0 bridgehead atoms. The quantitative estimate of drug-likeness (QED) is 0.0730. The number of hydrogen-bond donors (Lipinski definition) is 3. The molecule has 0 radical (unpaired) electrons. The van der Waals surface area contributed by atoms with Crippen LogP contribution in [-0.2, 0) is 24.6 Å². The molecular weight excluding hydrogens is 881 g/mol. The second-order valence-electron chi connectivity index (χ2n) is 14.0. The van der Waals surface area contributed by atoms with Crippen LogP contribution in [0.5, 0.6) is 34.5 Å². The first-order valence-electron chi connectivity index (χ1n) is 18.6. The van der Waals surface area contributed by atoms with Crippen molar-refractivity contribution in [3.8, 4) is 34.5 Å². The van der Waals surface area contributed by atoms with Crippen molar-refractivity contribution in [2.45, 2.75) is 24.7 Å². The van der Waals surface area contributed by atoms with Crippen molar-refractivity contribution in [3.05, 3.63) is 108 Å². The smallest absolute Gasteiger partial charge is 0.870 e. The fourth-order valence-corrected chi connectivity index (χ4v) is 6.83. The fourth-order valence-electron chi connectivity index (χ4n) is 6.83. The van der Waals surface area contributed by atoms with Gasteiger partial charge in [0, 0.05) is 37.1 Å². The van der Waals surface area contributed by atoms with Gasteiger partial charge >= 0.3 is 59.1 Å². The van der Waals surface area contributed by atoms with Crippen LogP contribution >= 0.6 is 0 Å². The molecule has 4 N–H and O–H groups in total. The van der Waals surface area contributed by atoms with Crippen LogP contribution in [-0.4, -0.2) is 92.4 Å². The molecule has 8 rings (SSSR count). The molecule has 4 aromatic rings. The van der Waals surface area contributed by atoms with Gasteiger partial charge in [-0.05, 0) is 97.4 Å². The van der Waals surface area contributed by atoms with Gasteiger partial charge in [0.1, 0.15) is 23.1 Å². The summed E-state index contributed by atoms with van der Waals surface area (Å²) in [7, 11) is -7.38. The van der Waals surface area contributed by atoms with Gasteiger partial charge in [-0.25, -0.2) is 17.2 Å². The van der Waals surface area contributed by atoms with E-state index in [2.05, 4.69) is 15.0 Å². The maximum absolute atomic E-state index is 13.2. The molecule has 0 unspecified atom stereocenters. The zero-order valence-electron chi connectivity index (χ0n) is 34.8. The number of rotatable bonds is 9. The molecule has 4 aromatic carbocycles. The van der Waals surface area contributed by atoms with Gasteiger partial charge in [-0.15, -0.1) is 0 Å². The third-order valence-corrected chi connectivity index (χ3v) is 9.80. The molecule has 0 aliphatic carbocycles. The van der Waals surface area contributed by atoms with Crippen molar-refractivity contribution < 1.29 is 133 Å². The number of piperidine rings is 2. The summed E-state index contributed by atoms with van der Waals surface area (Å²) >= 11 is 0. The van der Waals surface area contributed by atoms with E-state index in [1.54, 1.807) is 0 Å². The van der Waals surface area contributed by atoms with Crippen LogP contribution in [0.15, 0.2) is 84.9 Å². The first-order valence-corrected chi connectivity index (χ1v) is 22.2. The topological polar surface area (TPSA) is 230 Å². The Labute approximate surface area is 404 Å². The second-order valence-corrected chi connectivity index (χ2v) is 17.0. The van der Waals surface area contributed by atoms with Crippen molar-refractivity contribution >= 4 is 20.2 Å². The van der Waals surface area contributed by atoms with E-state index < -0.39 is 20.2 Å². The largest absolute Gasteiger partial charge is 1.00 e. The average molecular weight is 929 g/mol. The molecule has 4 aliphatic rings. The number of halogens is 2. The first kappa shape index (κ1) is 55.3. The molecule has 22 heteroatoms. The molecule has 62 heavy (non-hydrogen) atoms. The van der Waals surface area contributed by atoms with Gasteiger partial charge in [0.05, 0.1) is 25.7 Å². The Kier molecular flexibility index (Phi) is 24.0. The number of fused-ring (bicyclic) bond motifs is 2. The standard InChI is InChI=1S/2C19H20FNO3.CH4O4S.CH4O3S.2Na.H2O/c2*20-15-3-1-13(2-4-15)17-7-8-21-10-14(17)11-22-16-5-6-18-19(9-16)24-12-23-18;1-6(3,4)5-2;1-5(2,3)4;;;/h2*1-6,9,14,17,21H,7-8,10-12H2;2H,1H3;1H3,(H,2,3,4);;;1H2/q;;;;2*+1;/p-2/t2*14-,17-;;;;;/m00...../s1. The minimum absolute atomic E-state index is 0. The molecule has 0 aromatic heterocycles. The Hall–Kier alpha value is -2.80. The van der Waals surface area contributed by atoms with Crippen LogP contribution in [0.25, 0.3) is 0 Å². The molecule has 2 fully saturated rings. The molecule has 2 saturated heterocycles. The van der Waals surface area contributed by atoms with Crippen LogP contribution in [0, 0.1) is 23.5 Å². The molecular formula is C40H48F2N2Na2O14S2. The van der Waals surface area contributed by atoms with E-state index in [1.165, 1.54) is 35.4 Å². The zero-order chi connectivity index (χ0) is 42.4. The summed E-state index contributed by atoms with van der Waals surface area (Å²) in [6.07, 6.45) is 3.45. The number of ether oxygens (including phenoxy) is 6. The van der Waals surface area contributed by atoms with E-state index in [4.69, 9.17) is 38.2 Å². The van der Waals surface area contributed by atoms with Crippen molar-refractivity contribution in [3.63, 3.8) is 0 Å². The van der Waals surface area contributed by atoms with Crippen molar-refractivity contribution in [1.82, 2.24) is 10.6 Å². The molecule has 0 spiro atoms. The van der Waals surface area contributed by atoms with Crippen molar-refractivity contribution in [2.75, 3.05) is 65.5 Å². The summed E-state index contributed by atoms with van der Waals surface area (Å²) in [5, 5.41) is 15.7. The summed E-state index contributed by atoms with van der Waals surface area (Å²) in [5.41, 5.74) is 2.36. The van der Waals surface area contributed by atoms with Crippen LogP contribution in [0.4, 0.5) is 8.78 Å². The van der Waals surface area contributed by atoms with E-state index in [0.717, 1.165) is 73.5 Å². The van der Waals surface area contributed by atoms with Gasteiger partial charge < -0.3 is 54.1 Å². The third kappa shape index (κ3) is 18.7. The first-order chi connectivity index (χ1) is 28.1. The molecule has 330 valence electrons. The van der Waals surface area contributed by atoms with Crippen LogP contribution in [0.2, 0.25) is 0 Å². The van der Waals surface area contributed by atoms with Crippen molar-refractivity contribution in [2.24, 2.45) is 11.8 Å². The Balaban J connectivity index is 0.000000332. The van der Waals surface area contributed by atoms with E-state index in [0.29, 0.717) is 49.4 Å². The average Bonchev–Trinajstić information content (AvgIpc) is 3.89. The van der Waals surface area contributed by atoms with Crippen molar-refractivity contribution in [1.29, 1.82) is 0 Å². The van der Waals surface area contributed by atoms with Gasteiger partial charge in [0.25, 0.3) is 20.2 Å². The monoisotopic (exact) mass is 928 g/mol. The maximum atomic E-state index is 13.2. The Morgan fingerprint density at radius 1 is 0.645 bits per heavy atom. The minimum atomic E-state index is -3.72. The number of hydrogen-bond acceptors (Lipinski definition) is 15. The molecule has 16 nitrogen and oxygen atoms in total.